The van der Waals surface area contributed by atoms with Gasteiger partial charge in [-0.1, -0.05) is 35.5 Å². The second-order valence-corrected chi connectivity index (χ2v) is 2.92. The molecule has 0 fully saturated rings. The summed E-state index contributed by atoms with van der Waals surface area (Å²) in [5.41, 5.74) is 0.918. The molecule has 0 amide bonds. The second kappa shape index (κ2) is 5.80. The molecule has 1 aromatic carbocycles. The van der Waals surface area contributed by atoms with E-state index in [9.17, 15) is 4.79 Å². The van der Waals surface area contributed by atoms with E-state index in [0.717, 1.165) is 5.56 Å². The minimum Gasteiger partial charge on any atom is -0.477 e. The Morgan fingerprint density at radius 1 is 1.40 bits per heavy atom. The molecule has 0 unspecified atom stereocenters. The highest BCUT2D eigenvalue weighted by Gasteiger charge is 2.10. The summed E-state index contributed by atoms with van der Waals surface area (Å²) in [6, 6.07) is 9.30. The fourth-order valence-corrected chi connectivity index (χ4v) is 1.08. The predicted molar refractivity (Wildman–Crippen MR) is 56.8 cm³/mol. The third kappa shape index (κ3) is 3.81. The van der Waals surface area contributed by atoms with Crippen LogP contribution in [0, 0.1) is 0 Å². The van der Waals surface area contributed by atoms with Gasteiger partial charge in [0.2, 0.25) is 0 Å². The molecule has 0 bridgehead atoms. The van der Waals surface area contributed by atoms with Gasteiger partial charge in [0.15, 0.2) is 5.71 Å². The molecule has 4 nitrogen and oxygen atoms in total. The first kappa shape index (κ1) is 11.2. The van der Waals surface area contributed by atoms with E-state index in [-0.39, 0.29) is 12.1 Å². The zero-order valence-corrected chi connectivity index (χ0v) is 8.51. The highest BCUT2D eigenvalue weighted by Crippen LogP contribution is 2.01. The summed E-state index contributed by atoms with van der Waals surface area (Å²) in [7, 11) is 0. The molecule has 4 heteroatoms. The first-order valence-corrected chi connectivity index (χ1v) is 4.70. The summed E-state index contributed by atoms with van der Waals surface area (Å²) in [5, 5.41) is 12.4. The Bertz CT molecular complexity index is 346. The van der Waals surface area contributed by atoms with Crippen LogP contribution in [0.15, 0.2) is 35.5 Å². The summed E-state index contributed by atoms with van der Waals surface area (Å²) in [5.74, 6) is -1.05. The number of benzene rings is 1. The lowest BCUT2D eigenvalue weighted by atomic mass is 10.1. The Morgan fingerprint density at radius 3 is 2.60 bits per heavy atom. The average Bonchev–Trinajstić information content (AvgIpc) is 2.25. The van der Waals surface area contributed by atoms with Gasteiger partial charge in [0, 0.05) is 6.42 Å². The molecule has 1 aromatic rings. The molecular weight excluding hydrogens is 194 g/mol. The Hall–Kier alpha value is -1.84. The van der Waals surface area contributed by atoms with Crippen molar-refractivity contribution < 1.29 is 14.7 Å². The maximum atomic E-state index is 10.8. The van der Waals surface area contributed by atoms with E-state index in [4.69, 9.17) is 9.94 Å². The van der Waals surface area contributed by atoms with Crippen LogP contribution in [0.3, 0.4) is 0 Å². The number of hydrogen-bond acceptors (Lipinski definition) is 3. The molecule has 1 N–H and O–H groups in total. The number of aliphatic carboxylic acids is 1. The van der Waals surface area contributed by atoms with Gasteiger partial charge in [0.1, 0.15) is 6.61 Å². The van der Waals surface area contributed by atoms with Crippen LogP contribution >= 0.6 is 0 Å². The van der Waals surface area contributed by atoms with Gasteiger partial charge in [0.05, 0.1) is 0 Å². The predicted octanol–water partition coefficient (Wildman–Crippen LogP) is 1.71. The van der Waals surface area contributed by atoms with Gasteiger partial charge in [-0.2, -0.15) is 0 Å². The Balaban J connectivity index is 2.72. The zero-order valence-electron chi connectivity index (χ0n) is 8.51. The quantitative estimate of drug-likeness (QED) is 0.590. The van der Waals surface area contributed by atoms with Gasteiger partial charge < -0.3 is 9.94 Å². The Kier molecular flexibility index (Phi) is 4.34. The third-order valence-electron chi connectivity index (χ3n) is 1.77. The van der Waals surface area contributed by atoms with E-state index in [2.05, 4.69) is 5.16 Å². The maximum absolute atomic E-state index is 10.8. The summed E-state index contributed by atoms with van der Waals surface area (Å²) in [4.78, 5) is 15.5. The lowest BCUT2D eigenvalue weighted by Crippen LogP contribution is -2.16. The molecule has 80 valence electrons. The number of carbonyl (C=O) groups is 1. The number of oxime groups is 1. The van der Waals surface area contributed by atoms with Crippen molar-refractivity contribution in [3.05, 3.63) is 35.9 Å². The van der Waals surface area contributed by atoms with E-state index >= 15 is 0 Å². The Labute approximate surface area is 88.2 Å². The molecule has 0 aromatic heterocycles. The molecule has 0 aliphatic heterocycles. The molecule has 0 saturated heterocycles. The molecule has 1 rings (SSSR count). The normalized spacial score (nSPS) is 11.1. The number of carboxylic acid groups (broad SMARTS) is 1. The van der Waals surface area contributed by atoms with Crippen LogP contribution in [0.5, 0.6) is 0 Å². The summed E-state index contributed by atoms with van der Waals surface area (Å²) in [6.45, 7) is 2.12. The summed E-state index contributed by atoms with van der Waals surface area (Å²) in [6.07, 6.45) is 0.274. The molecule has 0 saturated carbocycles. The van der Waals surface area contributed by atoms with E-state index < -0.39 is 5.97 Å². The maximum Gasteiger partial charge on any atom is 0.354 e. The van der Waals surface area contributed by atoms with Gasteiger partial charge in [-0.3, -0.25) is 0 Å². The van der Waals surface area contributed by atoms with Crippen LogP contribution in [0.2, 0.25) is 0 Å². The van der Waals surface area contributed by atoms with Crippen LogP contribution in [0.1, 0.15) is 12.5 Å². The van der Waals surface area contributed by atoms with Crippen molar-refractivity contribution in [2.24, 2.45) is 5.16 Å². The van der Waals surface area contributed by atoms with Gasteiger partial charge >= 0.3 is 5.97 Å². The fourth-order valence-electron chi connectivity index (χ4n) is 1.08. The number of carboxylic acids is 1. The third-order valence-corrected chi connectivity index (χ3v) is 1.77. The van der Waals surface area contributed by atoms with Crippen molar-refractivity contribution in [3.8, 4) is 0 Å². The largest absolute Gasteiger partial charge is 0.477 e. The highest BCUT2D eigenvalue weighted by atomic mass is 16.6. The Morgan fingerprint density at radius 2 is 2.07 bits per heavy atom. The number of nitrogens with zero attached hydrogens (tertiary/aromatic N) is 1. The first-order chi connectivity index (χ1) is 7.24. The van der Waals surface area contributed by atoms with Crippen LogP contribution in [-0.4, -0.2) is 23.4 Å². The monoisotopic (exact) mass is 207 g/mol. The van der Waals surface area contributed by atoms with Crippen molar-refractivity contribution in [3.63, 3.8) is 0 Å². The SMILES string of the molecule is CCON=C(Cc1ccccc1)C(=O)O. The van der Waals surface area contributed by atoms with Crippen molar-refractivity contribution >= 4 is 11.7 Å². The van der Waals surface area contributed by atoms with Crippen molar-refractivity contribution in [1.29, 1.82) is 0 Å². The minimum absolute atomic E-state index is 0.0167. The molecule has 0 aliphatic rings. The van der Waals surface area contributed by atoms with Crippen molar-refractivity contribution in [2.45, 2.75) is 13.3 Å². The van der Waals surface area contributed by atoms with Crippen LogP contribution < -0.4 is 0 Å². The van der Waals surface area contributed by atoms with Gasteiger partial charge in [-0.05, 0) is 12.5 Å². The van der Waals surface area contributed by atoms with Crippen LogP contribution in [0.25, 0.3) is 0 Å². The van der Waals surface area contributed by atoms with Crippen molar-refractivity contribution in [2.75, 3.05) is 6.61 Å². The van der Waals surface area contributed by atoms with E-state index in [1.807, 2.05) is 30.3 Å². The molecule has 0 spiro atoms. The molecular formula is C11H13NO3. The number of hydrogen-bond donors (Lipinski definition) is 1. The molecule has 0 heterocycles. The molecule has 0 aliphatic carbocycles. The molecule has 15 heavy (non-hydrogen) atoms. The smallest absolute Gasteiger partial charge is 0.354 e. The lowest BCUT2D eigenvalue weighted by Gasteiger charge is -2.01. The van der Waals surface area contributed by atoms with Crippen LogP contribution in [0.4, 0.5) is 0 Å². The zero-order chi connectivity index (χ0) is 11.1. The highest BCUT2D eigenvalue weighted by molar-refractivity contribution is 6.35. The summed E-state index contributed by atoms with van der Waals surface area (Å²) < 4.78 is 0. The van der Waals surface area contributed by atoms with Crippen molar-refractivity contribution in [1.82, 2.24) is 0 Å². The first-order valence-electron chi connectivity index (χ1n) is 4.70. The van der Waals surface area contributed by atoms with Gasteiger partial charge in [0.25, 0.3) is 0 Å². The second-order valence-electron chi connectivity index (χ2n) is 2.92. The fraction of sp³-hybridized carbons (Fsp3) is 0.273. The average molecular weight is 207 g/mol. The van der Waals surface area contributed by atoms with Gasteiger partial charge in [-0.25, -0.2) is 4.79 Å². The van der Waals surface area contributed by atoms with E-state index in [1.54, 1.807) is 6.92 Å². The van der Waals surface area contributed by atoms with E-state index in [1.165, 1.54) is 0 Å². The molecule has 0 radical (unpaired) electrons. The molecule has 0 atom stereocenters. The van der Waals surface area contributed by atoms with E-state index in [0.29, 0.717) is 6.61 Å². The standard InChI is InChI=1S/C11H13NO3/c1-2-15-12-10(11(13)14)8-9-6-4-3-5-7-9/h3-7H,2,8H2,1H3,(H,13,14). The summed E-state index contributed by atoms with van der Waals surface area (Å²) >= 11 is 0. The number of rotatable bonds is 5. The van der Waals surface area contributed by atoms with Crippen LogP contribution in [-0.2, 0) is 16.1 Å². The topological polar surface area (TPSA) is 58.9 Å². The lowest BCUT2D eigenvalue weighted by molar-refractivity contribution is -0.129. The van der Waals surface area contributed by atoms with Gasteiger partial charge in [-0.15, -0.1) is 0 Å². The minimum atomic E-state index is -1.05.